The van der Waals surface area contributed by atoms with Crippen LogP contribution in [0.15, 0.2) is 53.9 Å². The molecule has 1 N–H and O–H groups in total. The van der Waals surface area contributed by atoms with Gasteiger partial charge in [0.05, 0.1) is 13.2 Å². The van der Waals surface area contributed by atoms with Gasteiger partial charge < -0.3 is 19.5 Å². The highest BCUT2D eigenvalue weighted by Crippen LogP contribution is 2.37. The molecule has 34 heavy (non-hydrogen) atoms. The van der Waals surface area contributed by atoms with Crippen molar-refractivity contribution in [2.45, 2.75) is 26.9 Å². The third-order valence-electron chi connectivity index (χ3n) is 4.70. The van der Waals surface area contributed by atoms with Crippen molar-refractivity contribution < 1.29 is 28.6 Å². The molecule has 1 amide bonds. The average Bonchev–Trinajstić information content (AvgIpc) is 3.23. The Morgan fingerprint density at radius 1 is 0.971 bits per heavy atom. The van der Waals surface area contributed by atoms with E-state index in [9.17, 15) is 14.4 Å². The van der Waals surface area contributed by atoms with Gasteiger partial charge in [-0.3, -0.25) is 4.79 Å². The highest BCUT2D eigenvalue weighted by molar-refractivity contribution is 7.15. The fraction of sp³-hybridized carbons (Fsp3) is 0.240. The third-order valence-corrected chi connectivity index (χ3v) is 5.85. The zero-order valence-electron chi connectivity index (χ0n) is 18.9. The van der Waals surface area contributed by atoms with E-state index in [1.807, 2.05) is 0 Å². The standard InChI is InChI=1S/C25H24ClNO6S/c1-4-31-24(29)15(3)33-19-12-8-17(9-13-19)22(28)27-23-21(25(30)32-5-2)20(14-34-23)16-6-10-18(26)11-7-16/h6-15H,4-5H2,1-3H3,(H,27,28). The van der Waals surface area contributed by atoms with Crippen LogP contribution in [0, 0.1) is 0 Å². The second-order valence-corrected chi connectivity index (χ2v) is 8.39. The van der Waals surface area contributed by atoms with Gasteiger partial charge in [-0.2, -0.15) is 0 Å². The topological polar surface area (TPSA) is 90.9 Å². The molecule has 1 unspecified atom stereocenters. The molecule has 0 radical (unpaired) electrons. The minimum absolute atomic E-state index is 0.202. The molecule has 0 bridgehead atoms. The van der Waals surface area contributed by atoms with E-state index >= 15 is 0 Å². The zero-order chi connectivity index (χ0) is 24.7. The van der Waals surface area contributed by atoms with Gasteiger partial charge in [0.25, 0.3) is 5.91 Å². The summed E-state index contributed by atoms with van der Waals surface area (Å²) in [7, 11) is 0. The van der Waals surface area contributed by atoms with Crippen LogP contribution in [0.1, 0.15) is 41.5 Å². The third kappa shape index (κ3) is 6.15. The van der Waals surface area contributed by atoms with Crippen LogP contribution in [0.2, 0.25) is 5.02 Å². The maximum atomic E-state index is 12.9. The summed E-state index contributed by atoms with van der Waals surface area (Å²) in [5, 5.41) is 5.55. The van der Waals surface area contributed by atoms with Gasteiger partial charge in [0.2, 0.25) is 0 Å². The van der Waals surface area contributed by atoms with Gasteiger partial charge in [0, 0.05) is 21.5 Å². The van der Waals surface area contributed by atoms with E-state index in [2.05, 4.69) is 5.32 Å². The van der Waals surface area contributed by atoms with Crippen LogP contribution in [-0.4, -0.2) is 37.2 Å². The number of ether oxygens (including phenoxy) is 3. The summed E-state index contributed by atoms with van der Waals surface area (Å²) in [5.41, 5.74) is 2.06. The van der Waals surface area contributed by atoms with Crippen molar-refractivity contribution in [2.24, 2.45) is 0 Å². The van der Waals surface area contributed by atoms with E-state index in [0.717, 1.165) is 5.56 Å². The lowest BCUT2D eigenvalue weighted by atomic mass is 10.0. The van der Waals surface area contributed by atoms with Crippen LogP contribution in [0.4, 0.5) is 5.00 Å². The Balaban J connectivity index is 1.79. The summed E-state index contributed by atoms with van der Waals surface area (Å²) in [6.07, 6.45) is -0.774. The number of thiophene rings is 1. The first kappa shape index (κ1) is 25.3. The number of rotatable bonds is 9. The van der Waals surface area contributed by atoms with Crippen LogP contribution in [0.5, 0.6) is 5.75 Å². The lowest BCUT2D eigenvalue weighted by Crippen LogP contribution is -2.26. The van der Waals surface area contributed by atoms with E-state index in [4.69, 9.17) is 25.8 Å². The predicted molar refractivity (Wildman–Crippen MR) is 132 cm³/mol. The number of benzene rings is 2. The lowest BCUT2D eigenvalue weighted by Gasteiger charge is -2.13. The lowest BCUT2D eigenvalue weighted by molar-refractivity contribution is -0.150. The quantitative estimate of drug-likeness (QED) is 0.371. The number of hydrogen-bond donors (Lipinski definition) is 1. The Morgan fingerprint density at radius 3 is 2.24 bits per heavy atom. The van der Waals surface area contributed by atoms with E-state index in [1.165, 1.54) is 11.3 Å². The van der Waals surface area contributed by atoms with Gasteiger partial charge in [-0.05, 0) is 62.7 Å². The molecular formula is C25H24ClNO6S. The average molecular weight is 502 g/mol. The first-order chi connectivity index (χ1) is 16.3. The largest absolute Gasteiger partial charge is 0.479 e. The molecule has 0 aliphatic heterocycles. The second kappa shape index (κ2) is 11.7. The fourth-order valence-electron chi connectivity index (χ4n) is 3.07. The molecule has 9 heteroatoms. The number of carbonyl (C=O) groups is 3. The Hall–Kier alpha value is -3.36. The maximum absolute atomic E-state index is 12.9. The van der Waals surface area contributed by atoms with Crippen LogP contribution >= 0.6 is 22.9 Å². The summed E-state index contributed by atoms with van der Waals surface area (Å²) in [5.74, 6) is -0.976. The number of halogens is 1. The molecule has 0 aliphatic rings. The Labute approximate surface area is 206 Å². The number of nitrogens with one attached hydrogen (secondary N) is 1. The Bertz CT molecular complexity index is 1160. The van der Waals surface area contributed by atoms with Crippen molar-refractivity contribution in [2.75, 3.05) is 18.5 Å². The SMILES string of the molecule is CCOC(=O)c1c(-c2ccc(Cl)cc2)csc1NC(=O)c1ccc(OC(C)C(=O)OCC)cc1. The second-order valence-electron chi connectivity index (χ2n) is 7.07. The molecule has 0 fully saturated rings. The predicted octanol–water partition coefficient (Wildman–Crippen LogP) is 5.83. The van der Waals surface area contributed by atoms with Gasteiger partial charge in [0.15, 0.2) is 6.10 Å². The Morgan fingerprint density at radius 2 is 1.62 bits per heavy atom. The van der Waals surface area contributed by atoms with Gasteiger partial charge in [-0.25, -0.2) is 9.59 Å². The van der Waals surface area contributed by atoms with Crippen molar-refractivity contribution in [3.05, 3.63) is 70.1 Å². The normalized spacial score (nSPS) is 11.4. The monoisotopic (exact) mass is 501 g/mol. The van der Waals surface area contributed by atoms with Crippen LogP contribution in [0.25, 0.3) is 11.1 Å². The summed E-state index contributed by atoms with van der Waals surface area (Å²) in [6, 6.07) is 13.4. The van der Waals surface area contributed by atoms with E-state index < -0.39 is 23.9 Å². The van der Waals surface area contributed by atoms with Crippen molar-refractivity contribution in [3.8, 4) is 16.9 Å². The van der Waals surface area contributed by atoms with Gasteiger partial charge in [-0.1, -0.05) is 23.7 Å². The van der Waals surface area contributed by atoms with E-state index in [0.29, 0.717) is 26.9 Å². The van der Waals surface area contributed by atoms with Crippen molar-refractivity contribution in [1.29, 1.82) is 0 Å². The molecule has 0 saturated carbocycles. The molecule has 2 aromatic carbocycles. The molecule has 1 atom stereocenters. The molecule has 178 valence electrons. The molecule has 7 nitrogen and oxygen atoms in total. The van der Waals surface area contributed by atoms with E-state index in [1.54, 1.807) is 74.7 Å². The summed E-state index contributed by atoms with van der Waals surface area (Å²) in [4.78, 5) is 37.3. The van der Waals surface area contributed by atoms with Gasteiger partial charge in [-0.15, -0.1) is 11.3 Å². The first-order valence-corrected chi connectivity index (χ1v) is 11.9. The Kier molecular flexibility index (Phi) is 8.67. The number of anilines is 1. The van der Waals surface area contributed by atoms with Crippen LogP contribution < -0.4 is 10.1 Å². The molecule has 1 heterocycles. The fourth-order valence-corrected chi connectivity index (χ4v) is 4.15. The highest BCUT2D eigenvalue weighted by Gasteiger charge is 2.23. The van der Waals surface area contributed by atoms with Crippen molar-refractivity contribution in [3.63, 3.8) is 0 Å². The number of amides is 1. The number of carbonyl (C=O) groups excluding carboxylic acids is 3. The molecule has 0 spiro atoms. The van der Waals surface area contributed by atoms with Crippen molar-refractivity contribution >= 4 is 45.8 Å². The summed E-state index contributed by atoms with van der Waals surface area (Å²) >= 11 is 7.21. The first-order valence-electron chi connectivity index (χ1n) is 10.6. The molecule has 0 saturated heterocycles. The smallest absolute Gasteiger partial charge is 0.347 e. The summed E-state index contributed by atoms with van der Waals surface area (Å²) < 4.78 is 15.7. The van der Waals surface area contributed by atoms with Crippen molar-refractivity contribution in [1.82, 2.24) is 0 Å². The zero-order valence-corrected chi connectivity index (χ0v) is 20.5. The molecule has 3 aromatic rings. The molecule has 0 aliphatic carbocycles. The van der Waals surface area contributed by atoms with E-state index in [-0.39, 0.29) is 18.8 Å². The molecule has 1 aromatic heterocycles. The number of hydrogen-bond acceptors (Lipinski definition) is 7. The highest BCUT2D eigenvalue weighted by atomic mass is 35.5. The van der Waals surface area contributed by atoms with Crippen LogP contribution in [-0.2, 0) is 14.3 Å². The minimum Gasteiger partial charge on any atom is -0.479 e. The minimum atomic E-state index is -0.774. The molecular weight excluding hydrogens is 478 g/mol. The summed E-state index contributed by atoms with van der Waals surface area (Å²) in [6.45, 7) is 5.49. The molecule has 3 rings (SSSR count). The van der Waals surface area contributed by atoms with Gasteiger partial charge in [0.1, 0.15) is 16.3 Å². The van der Waals surface area contributed by atoms with Crippen LogP contribution in [0.3, 0.4) is 0 Å². The van der Waals surface area contributed by atoms with Gasteiger partial charge >= 0.3 is 11.9 Å². The number of esters is 2. The maximum Gasteiger partial charge on any atom is 0.347 e.